The first-order chi connectivity index (χ1) is 8.69. The maximum atomic E-state index is 12.9. The lowest BCUT2D eigenvalue weighted by Crippen LogP contribution is -2.15. The molecule has 0 atom stereocenters. The van der Waals surface area contributed by atoms with Crippen molar-refractivity contribution in [1.29, 1.82) is 0 Å². The second-order valence-electron chi connectivity index (χ2n) is 3.87. The Morgan fingerprint density at radius 1 is 1.44 bits per heavy atom. The minimum Gasteiger partial charge on any atom is -0.385 e. The molecule has 1 heterocycles. The number of nitrogens with zero attached hydrogens (tertiary/aromatic N) is 2. The smallest absolute Gasteiger partial charge is 0.280 e. The molecule has 6 heteroatoms. The summed E-state index contributed by atoms with van der Waals surface area (Å²) in [7, 11) is 1.60. The molecule has 4 nitrogen and oxygen atoms in total. The van der Waals surface area contributed by atoms with E-state index in [1.165, 1.54) is 6.20 Å². The van der Waals surface area contributed by atoms with Crippen LogP contribution in [0.5, 0.6) is 0 Å². The van der Waals surface area contributed by atoms with Crippen LogP contribution in [0.4, 0.5) is 8.78 Å². The van der Waals surface area contributed by atoms with Crippen LogP contribution in [0.25, 0.3) is 0 Å². The average molecular weight is 259 g/mol. The highest BCUT2D eigenvalue weighted by Crippen LogP contribution is 2.20. The Morgan fingerprint density at radius 3 is 2.83 bits per heavy atom. The zero-order chi connectivity index (χ0) is 13.4. The molecule has 0 unspecified atom stereocenters. The fourth-order valence-corrected chi connectivity index (χ4v) is 1.54. The summed E-state index contributed by atoms with van der Waals surface area (Å²) in [4.78, 5) is 8.05. The first-order valence-corrected chi connectivity index (χ1v) is 6.01. The average Bonchev–Trinajstić information content (AvgIpc) is 2.37. The quantitative estimate of drug-likeness (QED) is 0.726. The van der Waals surface area contributed by atoms with Crippen molar-refractivity contribution in [3.63, 3.8) is 0 Å². The van der Waals surface area contributed by atoms with Gasteiger partial charge in [-0.25, -0.2) is 18.7 Å². The largest absolute Gasteiger partial charge is 0.385 e. The Kier molecular flexibility index (Phi) is 6.67. The molecule has 0 saturated heterocycles. The molecular formula is C12H19F2N3O. The molecule has 102 valence electrons. The van der Waals surface area contributed by atoms with E-state index in [0.29, 0.717) is 31.0 Å². The van der Waals surface area contributed by atoms with Gasteiger partial charge >= 0.3 is 0 Å². The minimum absolute atomic E-state index is 0.168. The van der Waals surface area contributed by atoms with Crippen molar-refractivity contribution < 1.29 is 13.5 Å². The highest BCUT2D eigenvalue weighted by molar-refractivity contribution is 5.18. The molecule has 1 aromatic heterocycles. The fourth-order valence-electron chi connectivity index (χ4n) is 1.54. The van der Waals surface area contributed by atoms with Gasteiger partial charge < -0.3 is 10.1 Å². The zero-order valence-corrected chi connectivity index (χ0v) is 10.7. The van der Waals surface area contributed by atoms with Crippen LogP contribution >= 0.6 is 0 Å². The molecule has 0 radical (unpaired) electrons. The van der Waals surface area contributed by atoms with Crippen molar-refractivity contribution in [2.24, 2.45) is 0 Å². The maximum Gasteiger partial charge on any atom is 0.280 e. The van der Waals surface area contributed by atoms with Crippen molar-refractivity contribution in [3.8, 4) is 0 Å². The van der Waals surface area contributed by atoms with Gasteiger partial charge in [0.05, 0.1) is 0 Å². The Bertz CT molecular complexity index is 361. The van der Waals surface area contributed by atoms with E-state index in [-0.39, 0.29) is 5.69 Å². The lowest BCUT2D eigenvalue weighted by Gasteiger charge is -2.09. The van der Waals surface area contributed by atoms with Crippen molar-refractivity contribution in [1.82, 2.24) is 15.3 Å². The lowest BCUT2D eigenvalue weighted by molar-refractivity contribution is 0.144. The summed E-state index contributed by atoms with van der Waals surface area (Å²) in [5.74, 6) is 0.447. The number of hydrogen-bond acceptors (Lipinski definition) is 4. The van der Waals surface area contributed by atoms with E-state index in [0.717, 1.165) is 13.0 Å². The second kappa shape index (κ2) is 8.05. The van der Waals surface area contributed by atoms with Crippen LogP contribution in [0.1, 0.15) is 36.9 Å². The van der Waals surface area contributed by atoms with Crippen LogP contribution in [0.2, 0.25) is 0 Å². The molecule has 0 bridgehead atoms. The summed E-state index contributed by atoms with van der Waals surface area (Å²) in [5, 5.41) is 3.00. The number of nitrogens with one attached hydrogen (secondary N) is 1. The van der Waals surface area contributed by atoms with E-state index >= 15 is 0 Å². The van der Waals surface area contributed by atoms with Gasteiger partial charge in [-0.15, -0.1) is 0 Å². The van der Waals surface area contributed by atoms with Gasteiger partial charge in [0.2, 0.25) is 0 Å². The van der Waals surface area contributed by atoms with Gasteiger partial charge in [0.15, 0.2) is 0 Å². The molecule has 0 aromatic carbocycles. The first kappa shape index (κ1) is 14.9. The molecule has 0 saturated carbocycles. The third-order valence-corrected chi connectivity index (χ3v) is 2.47. The number of halogens is 2. The monoisotopic (exact) mass is 259 g/mol. The molecule has 1 N–H and O–H groups in total. The van der Waals surface area contributed by atoms with E-state index in [1.807, 2.05) is 6.92 Å². The van der Waals surface area contributed by atoms with Gasteiger partial charge in [-0.3, -0.25) is 0 Å². The van der Waals surface area contributed by atoms with Gasteiger partial charge in [0.25, 0.3) is 6.43 Å². The van der Waals surface area contributed by atoms with Crippen LogP contribution in [-0.4, -0.2) is 30.2 Å². The molecule has 0 spiro atoms. The maximum absolute atomic E-state index is 12.9. The summed E-state index contributed by atoms with van der Waals surface area (Å²) in [6, 6.07) is 0. The molecule has 0 aliphatic rings. The van der Waals surface area contributed by atoms with Crippen molar-refractivity contribution in [2.45, 2.75) is 32.7 Å². The molecule has 0 fully saturated rings. The number of rotatable bonds is 8. The van der Waals surface area contributed by atoms with Gasteiger partial charge in [0.1, 0.15) is 11.5 Å². The normalized spacial score (nSPS) is 11.2. The Hall–Kier alpha value is -1.14. The highest BCUT2D eigenvalue weighted by atomic mass is 19.3. The third-order valence-electron chi connectivity index (χ3n) is 2.47. The van der Waals surface area contributed by atoms with Gasteiger partial charge in [-0.2, -0.15) is 0 Å². The highest BCUT2D eigenvalue weighted by Gasteiger charge is 2.16. The predicted octanol–water partition coefficient (Wildman–Crippen LogP) is 2.10. The summed E-state index contributed by atoms with van der Waals surface area (Å²) >= 11 is 0. The molecule has 1 rings (SSSR count). The third kappa shape index (κ3) is 4.62. The molecule has 0 aliphatic heterocycles. The SMILES string of the molecule is CCNCc1cnc(CCCOC)nc1C(F)F. The van der Waals surface area contributed by atoms with Crippen molar-refractivity contribution in [3.05, 3.63) is 23.3 Å². The summed E-state index contributed by atoms with van der Waals surface area (Å²) in [5.41, 5.74) is 0.292. The number of ether oxygens (including phenoxy) is 1. The first-order valence-electron chi connectivity index (χ1n) is 6.01. The number of methoxy groups -OCH3 is 1. The van der Waals surface area contributed by atoms with Crippen LogP contribution in [0.15, 0.2) is 6.20 Å². The van der Waals surface area contributed by atoms with Crippen LogP contribution in [-0.2, 0) is 17.7 Å². The topological polar surface area (TPSA) is 47.0 Å². The summed E-state index contributed by atoms with van der Waals surface area (Å²) in [6.45, 7) is 3.58. The van der Waals surface area contributed by atoms with Crippen LogP contribution < -0.4 is 5.32 Å². The van der Waals surface area contributed by atoms with Crippen LogP contribution in [0, 0.1) is 0 Å². The van der Waals surface area contributed by atoms with Crippen molar-refractivity contribution >= 4 is 0 Å². The second-order valence-corrected chi connectivity index (χ2v) is 3.87. The molecule has 0 amide bonds. The Labute approximate surface area is 106 Å². The van der Waals surface area contributed by atoms with Crippen LogP contribution in [0.3, 0.4) is 0 Å². The van der Waals surface area contributed by atoms with Gasteiger partial charge in [0, 0.05) is 38.4 Å². The number of alkyl halides is 2. The Morgan fingerprint density at radius 2 is 2.22 bits per heavy atom. The molecular weight excluding hydrogens is 240 g/mol. The summed E-state index contributed by atoms with van der Waals surface area (Å²) < 4.78 is 30.7. The van der Waals surface area contributed by atoms with E-state index in [9.17, 15) is 8.78 Å². The fraction of sp³-hybridized carbons (Fsp3) is 0.667. The van der Waals surface area contributed by atoms with E-state index in [2.05, 4.69) is 15.3 Å². The molecule has 0 aliphatic carbocycles. The standard InChI is InChI=1S/C12H19F2N3O/c1-3-15-7-9-8-16-10(5-4-6-18-2)17-11(9)12(13)14/h8,12,15H,3-7H2,1-2H3. The van der Waals surface area contributed by atoms with E-state index in [4.69, 9.17) is 4.74 Å². The summed E-state index contributed by atoms with van der Waals surface area (Å²) in [6.07, 6.45) is 0.197. The van der Waals surface area contributed by atoms with Gasteiger partial charge in [-0.1, -0.05) is 6.92 Å². The number of aromatic nitrogens is 2. The predicted molar refractivity (Wildman–Crippen MR) is 64.6 cm³/mol. The Balaban J connectivity index is 2.75. The number of aryl methyl sites for hydroxylation is 1. The minimum atomic E-state index is -2.57. The van der Waals surface area contributed by atoms with E-state index < -0.39 is 6.43 Å². The zero-order valence-electron chi connectivity index (χ0n) is 10.7. The van der Waals surface area contributed by atoms with Crippen molar-refractivity contribution in [2.75, 3.05) is 20.3 Å². The van der Waals surface area contributed by atoms with E-state index in [1.54, 1.807) is 7.11 Å². The molecule has 1 aromatic rings. The number of hydrogen-bond donors (Lipinski definition) is 1. The van der Waals surface area contributed by atoms with Gasteiger partial charge in [-0.05, 0) is 13.0 Å². The molecule has 18 heavy (non-hydrogen) atoms. The lowest BCUT2D eigenvalue weighted by atomic mass is 10.2.